The van der Waals surface area contributed by atoms with Gasteiger partial charge in [-0.1, -0.05) is 0 Å². The largest absolute Gasteiger partial charge is 0.478 e. The molecule has 0 saturated heterocycles. The number of hydrogen-bond acceptors (Lipinski definition) is 8. The standard InChI is InChI=1S/C33H26N2O9/c1-18(36)26-13-3-20(32(40)41)15-28(26)30(38)17-34-22-5-9-24(10-6-22)44-25-11-7-23(8-12-25)35-31(39)29-16-21(33(42)43)4-14-27(29)19(2)37/h3-16,34H,17H2,1-2H3,(H,35,39)(H,40,41)(H,42,43). The summed E-state index contributed by atoms with van der Waals surface area (Å²) < 4.78 is 5.83. The Kier molecular flexibility index (Phi) is 9.29. The number of carboxylic acids is 2. The van der Waals surface area contributed by atoms with E-state index in [1.54, 1.807) is 48.5 Å². The first kappa shape index (κ1) is 30.8. The second kappa shape index (κ2) is 13.3. The van der Waals surface area contributed by atoms with Gasteiger partial charge in [0.1, 0.15) is 11.5 Å². The lowest BCUT2D eigenvalue weighted by Gasteiger charge is -2.12. The molecule has 11 nitrogen and oxygen atoms in total. The van der Waals surface area contributed by atoms with Crippen LogP contribution >= 0.6 is 0 Å². The van der Waals surface area contributed by atoms with E-state index >= 15 is 0 Å². The van der Waals surface area contributed by atoms with Crippen LogP contribution in [0.4, 0.5) is 11.4 Å². The molecular formula is C33H26N2O9. The second-order valence-electron chi connectivity index (χ2n) is 9.63. The summed E-state index contributed by atoms with van der Waals surface area (Å²) in [4.78, 5) is 72.1. The van der Waals surface area contributed by atoms with Gasteiger partial charge in [0.2, 0.25) is 0 Å². The summed E-state index contributed by atoms with van der Waals surface area (Å²) >= 11 is 0. The van der Waals surface area contributed by atoms with Crippen LogP contribution in [-0.2, 0) is 0 Å². The molecule has 0 saturated carbocycles. The molecule has 4 N–H and O–H groups in total. The van der Waals surface area contributed by atoms with Gasteiger partial charge in [-0.15, -0.1) is 0 Å². The van der Waals surface area contributed by atoms with Gasteiger partial charge < -0.3 is 25.6 Å². The molecule has 11 heteroatoms. The topological polar surface area (TPSA) is 176 Å². The first-order valence-corrected chi connectivity index (χ1v) is 13.2. The minimum Gasteiger partial charge on any atom is -0.478 e. The number of anilines is 2. The van der Waals surface area contributed by atoms with E-state index in [1.165, 1.54) is 44.2 Å². The highest BCUT2D eigenvalue weighted by atomic mass is 16.5. The summed E-state index contributed by atoms with van der Waals surface area (Å²) in [5.41, 5.74) is 0.973. The molecular weight excluding hydrogens is 568 g/mol. The number of benzene rings is 4. The molecule has 0 spiro atoms. The number of aromatic carboxylic acids is 2. The molecule has 1 amide bonds. The van der Waals surface area contributed by atoms with Crippen molar-refractivity contribution < 1.29 is 43.7 Å². The van der Waals surface area contributed by atoms with Gasteiger partial charge in [-0.25, -0.2) is 9.59 Å². The molecule has 4 aromatic rings. The molecule has 0 unspecified atom stereocenters. The predicted octanol–water partition coefficient (Wildman–Crippen LogP) is 5.83. The molecule has 4 aromatic carbocycles. The van der Waals surface area contributed by atoms with Crippen molar-refractivity contribution in [3.05, 3.63) is 118 Å². The summed E-state index contributed by atoms with van der Waals surface area (Å²) in [6.07, 6.45) is 0. The summed E-state index contributed by atoms with van der Waals surface area (Å²) in [7, 11) is 0. The maximum atomic E-state index is 12.8. The molecule has 0 aliphatic carbocycles. The van der Waals surface area contributed by atoms with Gasteiger partial charge in [-0.3, -0.25) is 19.2 Å². The third kappa shape index (κ3) is 7.39. The Hall–Kier alpha value is -6.10. The van der Waals surface area contributed by atoms with Gasteiger partial charge >= 0.3 is 11.9 Å². The Morgan fingerprint density at radius 3 is 1.52 bits per heavy atom. The van der Waals surface area contributed by atoms with Crippen LogP contribution in [0.25, 0.3) is 0 Å². The molecule has 0 aromatic heterocycles. The molecule has 4 rings (SSSR count). The highest BCUT2D eigenvalue weighted by molar-refractivity contribution is 6.13. The van der Waals surface area contributed by atoms with Crippen LogP contribution in [-0.4, -0.2) is 52.0 Å². The number of Topliss-reactive ketones (excluding diaryl/α,β-unsaturated/α-hetero) is 3. The lowest BCUT2D eigenvalue weighted by atomic mass is 9.98. The number of amides is 1. The van der Waals surface area contributed by atoms with Crippen molar-refractivity contribution in [3.8, 4) is 11.5 Å². The van der Waals surface area contributed by atoms with E-state index in [0.717, 1.165) is 6.07 Å². The zero-order valence-electron chi connectivity index (χ0n) is 23.5. The minimum absolute atomic E-state index is 0.0255. The molecule has 0 bridgehead atoms. The summed E-state index contributed by atoms with van der Waals surface area (Å²) in [6, 6.07) is 20.6. The van der Waals surface area contributed by atoms with Crippen LogP contribution in [0.1, 0.15) is 76.0 Å². The van der Waals surface area contributed by atoms with Crippen molar-refractivity contribution in [1.82, 2.24) is 0 Å². The monoisotopic (exact) mass is 594 g/mol. The number of carboxylic acid groups (broad SMARTS) is 2. The van der Waals surface area contributed by atoms with Crippen molar-refractivity contribution in [1.29, 1.82) is 0 Å². The SMILES string of the molecule is CC(=O)c1ccc(C(=O)O)cc1C(=O)CNc1ccc(Oc2ccc(NC(=O)c3cc(C(=O)O)ccc3C(C)=O)cc2)cc1. The number of nitrogens with one attached hydrogen (secondary N) is 2. The van der Waals surface area contributed by atoms with Crippen LogP contribution < -0.4 is 15.4 Å². The van der Waals surface area contributed by atoms with E-state index in [4.69, 9.17) is 4.74 Å². The van der Waals surface area contributed by atoms with Crippen molar-refractivity contribution in [3.63, 3.8) is 0 Å². The van der Waals surface area contributed by atoms with Gasteiger partial charge in [0.25, 0.3) is 5.91 Å². The third-order valence-corrected chi connectivity index (χ3v) is 6.49. The van der Waals surface area contributed by atoms with E-state index in [2.05, 4.69) is 10.6 Å². The first-order valence-electron chi connectivity index (χ1n) is 13.2. The molecule has 0 radical (unpaired) electrons. The Morgan fingerprint density at radius 1 is 0.591 bits per heavy atom. The van der Waals surface area contributed by atoms with Crippen molar-refractivity contribution in [2.75, 3.05) is 17.2 Å². The van der Waals surface area contributed by atoms with Gasteiger partial charge in [-0.2, -0.15) is 0 Å². The predicted molar refractivity (Wildman–Crippen MR) is 161 cm³/mol. The second-order valence-corrected chi connectivity index (χ2v) is 9.63. The Balaban J connectivity index is 1.37. The quantitative estimate of drug-likeness (QED) is 0.146. The van der Waals surface area contributed by atoms with Gasteiger partial charge in [0.15, 0.2) is 17.3 Å². The number of ketones is 3. The van der Waals surface area contributed by atoms with Crippen LogP contribution in [0.3, 0.4) is 0 Å². The summed E-state index contributed by atoms with van der Waals surface area (Å²) in [6.45, 7) is 2.41. The van der Waals surface area contributed by atoms with Crippen LogP contribution in [0, 0.1) is 0 Å². The zero-order chi connectivity index (χ0) is 32.0. The smallest absolute Gasteiger partial charge is 0.335 e. The molecule has 44 heavy (non-hydrogen) atoms. The highest BCUT2D eigenvalue weighted by Crippen LogP contribution is 2.25. The lowest BCUT2D eigenvalue weighted by molar-refractivity contribution is 0.0686. The molecule has 0 heterocycles. The fourth-order valence-corrected chi connectivity index (χ4v) is 4.25. The third-order valence-electron chi connectivity index (χ3n) is 6.49. The Bertz CT molecular complexity index is 1790. The van der Waals surface area contributed by atoms with Crippen LogP contribution in [0.5, 0.6) is 11.5 Å². The number of hydrogen-bond donors (Lipinski definition) is 4. The van der Waals surface area contributed by atoms with Crippen molar-refractivity contribution >= 4 is 46.6 Å². The molecule has 0 fully saturated rings. The number of ether oxygens (including phenoxy) is 1. The summed E-state index contributed by atoms with van der Waals surface area (Å²) in [5, 5.41) is 24.1. The molecule has 0 atom stereocenters. The fraction of sp³-hybridized carbons (Fsp3) is 0.0909. The first-order chi connectivity index (χ1) is 20.9. The molecule has 0 aliphatic heterocycles. The minimum atomic E-state index is -1.22. The van der Waals surface area contributed by atoms with Gasteiger partial charge in [-0.05, 0) is 98.8 Å². The van der Waals surface area contributed by atoms with Crippen molar-refractivity contribution in [2.24, 2.45) is 0 Å². The van der Waals surface area contributed by atoms with Crippen LogP contribution in [0.2, 0.25) is 0 Å². The Labute approximate surface area is 251 Å². The fourth-order valence-electron chi connectivity index (χ4n) is 4.25. The number of carbonyl (C=O) groups is 6. The van der Waals surface area contributed by atoms with E-state index in [-0.39, 0.29) is 51.5 Å². The van der Waals surface area contributed by atoms with E-state index in [9.17, 15) is 39.0 Å². The average Bonchev–Trinajstić information content (AvgIpc) is 3.00. The average molecular weight is 595 g/mol. The van der Waals surface area contributed by atoms with Crippen molar-refractivity contribution in [2.45, 2.75) is 13.8 Å². The zero-order valence-corrected chi connectivity index (χ0v) is 23.5. The molecule has 0 aliphatic rings. The van der Waals surface area contributed by atoms with Gasteiger partial charge in [0.05, 0.1) is 23.2 Å². The number of rotatable bonds is 12. The summed E-state index contributed by atoms with van der Waals surface area (Å²) in [5.74, 6) is -3.32. The maximum Gasteiger partial charge on any atom is 0.335 e. The van der Waals surface area contributed by atoms with E-state index in [0.29, 0.717) is 22.9 Å². The van der Waals surface area contributed by atoms with Crippen LogP contribution in [0.15, 0.2) is 84.9 Å². The normalized spacial score (nSPS) is 10.4. The molecule has 222 valence electrons. The van der Waals surface area contributed by atoms with Gasteiger partial charge in [0, 0.05) is 28.1 Å². The van der Waals surface area contributed by atoms with E-state index < -0.39 is 23.6 Å². The maximum absolute atomic E-state index is 12.8. The van der Waals surface area contributed by atoms with E-state index in [1.807, 2.05) is 0 Å². The Morgan fingerprint density at radius 2 is 1.05 bits per heavy atom. The highest BCUT2D eigenvalue weighted by Gasteiger charge is 2.19. The lowest BCUT2D eigenvalue weighted by Crippen LogP contribution is -2.17. The number of carbonyl (C=O) groups excluding carboxylic acids is 4.